The summed E-state index contributed by atoms with van der Waals surface area (Å²) in [7, 11) is 0. The Balaban J connectivity index is 1.70. The predicted octanol–water partition coefficient (Wildman–Crippen LogP) is 3.09. The quantitative estimate of drug-likeness (QED) is 0.490. The van der Waals surface area contributed by atoms with Crippen molar-refractivity contribution in [3.8, 4) is 0 Å². The molecule has 2 aliphatic rings. The highest BCUT2D eigenvalue weighted by Crippen LogP contribution is 2.32. The van der Waals surface area contributed by atoms with Crippen molar-refractivity contribution < 1.29 is 14.5 Å². The zero-order chi connectivity index (χ0) is 22.5. The van der Waals surface area contributed by atoms with Gasteiger partial charge in [0.1, 0.15) is 0 Å². The van der Waals surface area contributed by atoms with Gasteiger partial charge in [-0.25, -0.2) is 0 Å². The lowest BCUT2D eigenvalue weighted by Crippen LogP contribution is -2.58. The Morgan fingerprint density at radius 2 is 1.74 bits per heavy atom. The minimum absolute atomic E-state index is 0.0318. The summed E-state index contributed by atoms with van der Waals surface area (Å²) in [5.74, 6) is 0.413. The van der Waals surface area contributed by atoms with Gasteiger partial charge < -0.3 is 9.80 Å². The minimum atomic E-state index is -0.449. The van der Waals surface area contributed by atoms with Gasteiger partial charge in [0.05, 0.1) is 11.0 Å². The first-order valence-electron chi connectivity index (χ1n) is 11.4. The van der Waals surface area contributed by atoms with Crippen LogP contribution in [0.5, 0.6) is 0 Å². The third kappa shape index (κ3) is 5.06. The van der Waals surface area contributed by atoms with E-state index in [1.54, 1.807) is 24.0 Å². The fourth-order valence-electron chi connectivity index (χ4n) is 4.98. The summed E-state index contributed by atoms with van der Waals surface area (Å²) < 4.78 is 0. The summed E-state index contributed by atoms with van der Waals surface area (Å²) in [6.07, 6.45) is 4.53. The molecule has 1 saturated heterocycles. The minimum Gasteiger partial charge on any atom is -0.342 e. The molecule has 8 heteroatoms. The van der Waals surface area contributed by atoms with Crippen molar-refractivity contribution >= 4 is 17.5 Å². The van der Waals surface area contributed by atoms with Crippen molar-refractivity contribution in [2.24, 2.45) is 5.92 Å². The number of aryl methyl sites for hydroxylation is 1. The van der Waals surface area contributed by atoms with Crippen LogP contribution in [-0.2, 0) is 4.79 Å². The molecule has 0 spiro atoms. The second-order valence-electron chi connectivity index (χ2n) is 8.59. The molecule has 1 aliphatic carbocycles. The van der Waals surface area contributed by atoms with Gasteiger partial charge in [-0.2, -0.15) is 0 Å². The first-order chi connectivity index (χ1) is 14.9. The van der Waals surface area contributed by atoms with E-state index in [1.165, 1.54) is 18.9 Å². The fraction of sp³-hybridized carbons (Fsp3) is 0.652. The lowest BCUT2D eigenvalue weighted by molar-refractivity contribution is -0.385. The largest absolute Gasteiger partial charge is 0.342 e. The van der Waals surface area contributed by atoms with Crippen LogP contribution < -0.4 is 0 Å². The average molecular weight is 431 g/mol. The first-order valence-corrected chi connectivity index (χ1v) is 11.4. The number of hydrogen-bond acceptors (Lipinski definition) is 5. The zero-order valence-electron chi connectivity index (χ0n) is 18.9. The van der Waals surface area contributed by atoms with Crippen LogP contribution in [0.3, 0.4) is 0 Å². The molecule has 1 aromatic rings. The van der Waals surface area contributed by atoms with Crippen LogP contribution in [-0.4, -0.2) is 76.7 Å². The van der Waals surface area contributed by atoms with E-state index in [2.05, 4.69) is 4.90 Å². The van der Waals surface area contributed by atoms with E-state index in [1.807, 2.05) is 18.7 Å². The molecule has 170 valence electrons. The molecule has 31 heavy (non-hydrogen) atoms. The molecule has 0 bridgehead atoms. The van der Waals surface area contributed by atoms with E-state index in [9.17, 15) is 19.7 Å². The number of carbonyl (C=O) groups is 2. The van der Waals surface area contributed by atoms with E-state index >= 15 is 0 Å². The molecule has 1 aromatic carbocycles. The van der Waals surface area contributed by atoms with E-state index in [-0.39, 0.29) is 23.5 Å². The lowest BCUT2D eigenvalue weighted by Gasteiger charge is -2.42. The SMILES string of the molecule is CCN(CC)C(=O)[C@H](C1CCCC1)N1CCN(C(=O)c2ccc(C)c([N+](=O)[O-])c2)CC1. The Hall–Kier alpha value is -2.48. The van der Waals surface area contributed by atoms with Gasteiger partial charge in [-0.3, -0.25) is 24.6 Å². The molecule has 0 N–H and O–H groups in total. The number of amides is 2. The fourth-order valence-corrected chi connectivity index (χ4v) is 4.98. The molecule has 8 nitrogen and oxygen atoms in total. The number of nitro groups is 1. The summed E-state index contributed by atoms with van der Waals surface area (Å²) in [5.41, 5.74) is 0.855. The van der Waals surface area contributed by atoms with Crippen molar-refractivity contribution in [2.45, 2.75) is 52.5 Å². The van der Waals surface area contributed by atoms with Gasteiger partial charge in [0, 0.05) is 56.5 Å². The number of piperazine rings is 1. The highest BCUT2D eigenvalue weighted by Gasteiger charge is 2.38. The van der Waals surface area contributed by atoms with Gasteiger partial charge in [0.2, 0.25) is 5.91 Å². The Kier molecular flexibility index (Phi) is 7.64. The highest BCUT2D eigenvalue weighted by molar-refractivity contribution is 5.95. The van der Waals surface area contributed by atoms with Gasteiger partial charge in [-0.05, 0) is 45.6 Å². The number of hydrogen-bond donors (Lipinski definition) is 0. The van der Waals surface area contributed by atoms with Crippen molar-refractivity contribution in [3.05, 3.63) is 39.4 Å². The summed E-state index contributed by atoms with van der Waals surface area (Å²) >= 11 is 0. The van der Waals surface area contributed by atoms with E-state index < -0.39 is 4.92 Å². The maximum absolute atomic E-state index is 13.3. The van der Waals surface area contributed by atoms with Gasteiger partial charge >= 0.3 is 0 Å². The Labute approximate surface area is 184 Å². The average Bonchev–Trinajstić information content (AvgIpc) is 3.29. The Morgan fingerprint density at radius 3 is 2.29 bits per heavy atom. The molecule has 0 radical (unpaired) electrons. The third-order valence-corrected chi connectivity index (χ3v) is 6.82. The molecule has 0 aromatic heterocycles. The molecule has 0 unspecified atom stereocenters. The molecule has 1 aliphatic heterocycles. The Morgan fingerprint density at radius 1 is 1.13 bits per heavy atom. The van der Waals surface area contributed by atoms with Crippen LogP contribution in [0.2, 0.25) is 0 Å². The summed E-state index contributed by atoms with van der Waals surface area (Å²) in [6, 6.07) is 4.54. The number of rotatable bonds is 7. The van der Waals surface area contributed by atoms with Crippen LogP contribution in [0, 0.1) is 23.0 Å². The first kappa shape index (κ1) is 23.2. The molecule has 3 rings (SSSR count). The molecular formula is C23H34N4O4. The zero-order valence-corrected chi connectivity index (χ0v) is 18.9. The van der Waals surface area contributed by atoms with E-state index in [0.717, 1.165) is 12.8 Å². The van der Waals surface area contributed by atoms with Crippen molar-refractivity contribution in [3.63, 3.8) is 0 Å². The standard InChI is InChI=1S/C23H34N4O4/c1-4-24(5-2)23(29)21(18-8-6-7-9-18)25-12-14-26(15-13-25)22(28)19-11-10-17(3)20(16-19)27(30)31/h10-11,16,18,21H,4-9,12-15H2,1-3H3/t21-/m0/s1. The van der Waals surface area contributed by atoms with Crippen molar-refractivity contribution in [1.29, 1.82) is 0 Å². The van der Waals surface area contributed by atoms with Crippen LogP contribution in [0.4, 0.5) is 5.69 Å². The topological polar surface area (TPSA) is 87.0 Å². The second kappa shape index (κ2) is 10.2. The van der Waals surface area contributed by atoms with E-state index in [0.29, 0.717) is 56.3 Å². The second-order valence-corrected chi connectivity index (χ2v) is 8.59. The molecular weight excluding hydrogens is 396 g/mol. The van der Waals surface area contributed by atoms with Crippen LogP contribution in [0.25, 0.3) is 0 Å². The molecule has 1 saturated carbocycles. The number of benzene rings is 1. The molecule has 2 fully saturated rings. The number of likely N-dealkylation sites (N-methyl/N-ethyl adjacent to an activating group) is 1. The van der Waals surface area contributed by atoms with Crippen LogP contribution in [0.1, 0.15) is 55.5 Å². The lowest BCUT2D eigenvalue weighted by atomic mass is 9.94. The van der Waals surface area contributed by atoms with E-state index in [4.69, 9.17) is 0 Å². The third-order valence-electron chi connectivity index (χ3n) is 6.82. The summed E-state index contributed by atoms with van der Waals surface area (Å²) in [5, 5.41) is 11.2. The van der Waals surface area contributed by atoms with Crippen molar-refractivity contribution in [1.82, 2.24) is 14.7 Å². The van der Waals surface area contributed by atoms with Gasteiger partial charge in [0.15, 0.2) is 0 Å². The number of nitrogens with zero attached hydrogens (tertiary/aromatic N) is 4. The smallest absolute Gasteiger partial charge is 0.273 e. The highest BCUT2D eigenvalue weighted by atomic mass is 16.6. The molecule has 1 heterocycles. The van der Waals surface area contributed by atoms with Gasteiger partial charge in [0.25, 0.3) is 11.6 Å². The monoisotopic (exact) mass is 430 g/mol. The molecule has 2 amide bonds. The Bertz CT molecular complexity index is 810. The summed E-state index contributed by atoms with van der Waals surface area (Å²) in [4.78, 5) is 43.0. The maximum atomic E-state index is 13.3. The predicted molar refractivity (Wildman–Crippen MR) is 119 cm³/mol. The number of nitro benzene ring substituents is 1. The van der Waals surface area contributed by atoms with Crippen LogP contribution in [0.15, 0.2) is 18.2 Å². The van der Waals surface area contributed by atoms with Gasteiger partial charge in [-0.15, -0.1) is 0 Å². The molecule has 1 atom stereocenters. The number of carbonyl (C=O) groups excluding carboxylic acids is 2. The normalized spacial score (nSPS) is 18.7. The summed E-state index contributed by atoms with van der Waals surface area (Å²) in [6.45, 7) is 9.47. The van der Waals surface area contributed by atoms with Crippen LogP contribution >= 0.6 is 0 Å². The van der Waals surface area contributed by atoms with Gasteiger partial charge in [-0.1, -0.05) is 18.9 Å². The van der Waals surface area contributed by atoms with Crippen molar-refractivity contribution in [2.75, 3.05) is 39.3 Å². The maximum Gasteiger partial charge on any atom is 0.273 e.